The van der Waals surface area contributed by atoms with Crippen molar-refractivity contribution >= 4 is 21.8 Å². The first-order valence-electron chi connectivity index (χ1n) is 7.35. The van der Waals surface area contributed by atoms with Crippen LogP contribution in [0.1, 0.15) is 36.8 Å². The second kappa shape index (κ2) is 7.63. The number of thioether (sulfide) groups is 1. The number of sulfonamides is 1. The van der Waals surface area contributed by atoms with Crippen LogP contribution in [0.15, 0.2) is 24.3 Å². The first-order chi connectivity index (χ1) is 10.0. The van der Waals surface area contributed by atoms with E-state index in [0.29, 0.717) is 11.8 Å². The van der Waals surface area contributed by atoms with Crippen molar-refractivity contribution in [2.45, 2.75) is 49.3 Å². The summed E-state index contributed by atoms with van der Waals surface area (Å²) in [7, 11) is -3.29. The van der Waals surface area contributed by atoms with Crippen molar-refractivity contribution in [2.24, 2.45) is 5.73 Å². The molecule has 1 aliphatic carbocycles. The van der Waals surface area contributed by atoms with Gasteiger partial charge in [-0.15, -0.1) is 0 Å². The number of nitrogens with two attached hydrogens (primary N) is 1. The maximum atomic E-state index is 12.3. The first-order valence-corrected chi connectivity index (χ1v) is 10.3. The van der Waals surface area contributed by atoms with E-state index < -0.39 is 10.0 Å². The van der Waals surface area contributed by atoms with E-state index in [2.05, 4.69) is 11.0 Å². The van der Waals surface area contributed by atoms with Gasteiger partial charge in [0.25, 0.3) is 0 Å². The number of hydrogen-bond acceptors (Lipinski definition) is 4. The third kappa shape index (κ3) is 4.98. The summed E-state index contributed by atoms with van der Waals surface area (Å²) in [5, 5.41) is 0.396. The fourth-order valence-corrected chi connectivity index (χ4v) is 5.26. The molecule has 4 nitrogen and oxygen atoms in total. The molecule has 0 spiro atoms. The molecule has 0 bridgehead atoms. The summed E-state index contributed by atoms with van der Waals surface area (Å²) >= 11 is 1.76. The van der Waals surface area contributed by atoms with Gasteiger partial charge in [0, 0.05) is 17.8 Å². The highest BCUT2D eigenvalue weighted by molar-refractivity contribution is 7.99. The van der Waals surface area contributed by atoms with E-state index in [9.17, 15) is 8.42 Å². The van der Waals surface area contributed by atoms with E-state index in [1.807, 2.05) is 24.3 Å². The largest absolute Gasteiger partial charge is 0.326 e. The maximum absolute atomic E-state index is 12.3. The van der Waals surface area contributed by atoms with Gasteiger partial charge in [0.05, 0.1) is 5.75 Å². The molecule has 0 amide bonds. The monoisotopic (exact) mass is 328 g/mol. The zero-order valence-electron chi connectivity index (χ0n) is 12.4. The first kappa shape index (κ1) is 16.8. The van der Waals surface area contributed by atoms with Crippen molar-refractivity contribution in [3.05, 3.63) is 35.4 Å². The van der Waals surface area contributed by atoms with Gasteiger partial charge in [-0.3, -0.25) is 0 Å². The molecule has 0 radical (unpaired) electrons. The Morgan fingerprint density at radius 3 is 2.43 bits per heavy atom. The molecule has 3 N–H and O–H groups in total. The van der Waals surface area contributed by atoms with Gasteiger partial charge in [-0.2, -0.15) is 11.8 Å². The fourth-order valence-electron chi connectivity index (χ4n) is 2.78. The second-order valence-corrected chi connectivity index (χ2v) is 8.39. The molecule has 21 heavy (non-hydrogen) atoms. The van der Waals surface area contributed by atoms with Crippen LogP contribution in [0.3, 0.4) is 0 Å². The molecule has 118 valence electrons. The number of benzene rings is 1. The summed E-state index contributed by atoms with van der Waals surface area (Å²) < 4.78 is 27.6. The smallest absolute Gasteiger partial charge is 0.216 e. The molecule has 1 saturated carbocycles. The van der Waals surface area contributed by atoms with E-state index in [4.69, 9.17) is 5.73 Å². The van der Waals surface area contributed by atoms with Gasteiger partial charge in [-0.05, 0) is 30.2 Å². The molecule has 1 aromatic rings. The lowest BCUT2D eigenvalue weighted by Gasteiger charge is -2.30. The molecule has 0 aromatic heterocycles. The van der Waals surface area contributed by atoms with Crippen molar-refractivity contribution in [2.75, 3.05) is 6.26 Å². The van der Waals surface area contributed by atoms with Gasteiger partial charge >= 0.3 is 0 Å². The summed E-state index contributed by atoms with van der Waals surface area (Å²) in [4.78, 5) is 0. The van der Waals surface area contributed by atoms with Gasteiger partial charge in [0.15, 0.2) is 0 Å². The third-order valence-corrected chi connectivity index (χ3v) is 6.50. The summed E-state index contributed by atoms with van der Waals surface area (Å²) in [5.74, 6) is 0.0372. The van der Waals surface area contributed by atoms with Gasteiger partial charge in [-0.1, -0.05) is 37.1 Å². The minimum absolute atomic E-state index is 0.0372. The Kier molecular flexibility index (Phi) is 6.10. The van der Waals surface area contributed by atoms with Gasteiger partial charge in [0.1, 0.15) is 0 Å². The molecular weight excluding hydrogens is 304 g/mol. The molecule has 1 fully saturated rings. The van der Waals surface area contributed by atoms with Crippen molar-refractivity contribution < 1.29 is 8.42 Å². The third-order valence-electron chi connectivity index (χ3n) is 3.95. The molecule has 2 rings (SSSR count). The number of nitrogens with one attached hydrogen (secondary N) is 1. The Hall–Kier alpha value is -0.560. The molecule has 1 aromatic carbocycles. The van der Waals surface area contributed by atoms with Crippen molar-refractivity contribution in [1.29, 1.82) is 0 Å². The Labute approximate surface area is 131 Å². The van der Waals surface area contributed by atoms with Crippen LogP contribution < -0.4 is 10.5 Å². The van der Waals surface area contributed by atoms with Crippen LogP contribution in [0.5, 0.6) is 0 Å². The highest BCUT2D eigenvalue weighted by atomic mass is 32.2. The summed E-state index contributed by atoms with van der Waals surface area (Å²) in [6, 6.07) is 7.52. The molecule has 0 aliphatic heterocycles. The lowest BCUT2D eigenvalue weighted by atomic mass is 9.96. The van der Waals surface area contributed by atoms with Crippen molar-refractivity contribution in [3.63, 3.8) is 0 Å². The fraction of sp³-hybridized carbons (Fsp3) is 0.600. The molecule has 2 atom stereocenters. The predicted molar refractivity (Wildman–Crippen MR) is 89.7 cm³/mol. The lowest BCUT2D eigenvalue weighted by molar-refractivity contribution is 0.423. The van der Waals surface area contributed by atoms with Crippen LogP contribution in [0.2, 0.25) is 0 Å². The highest BCUT2D eigenvalue weighted by Gasteiger charge is 2.28. The van der Waals surface area contributed by atoms with E-state index >= 15 is 0 Å². The van der Waals surface area contributed by atoms with Crippen LogP contribution >= 0.6 is 11.8 Å². The second-order valence-electron chi connectivity index (χ2n) is 5.56. The van der Waals surface area contributed by atoms with Gasteiger partial charge in [0.2, 0.25) is 10.0 Å². The van der Waals surface area contributed by atoms with E-state index in [0.717, 1.165) is 30.4 Å². The molecule has 2 unspecified atom stereocenters. The van der Waals surface area contributed by atoms with E-state index in [1.54, 1.807) is 11.8 Å². The molecule has 1 aliphatic rings. The SMILES string of the molecule is CSC1CCCCC1NS(=O)(=O)Cc1ccc(CN)cc1. The molecular formula is C15H24N2O2S2. The van der Waals surface area contributed by atoms with Crippen LogP contribution in [-0.4, -0.2) is 26.0 Å². The van der Waals surface area contributed by atoms with Gasteiger partial charge in [-0.25, -0.2) is 13.1 Å². The molecule has 6 heteroatoms. The standard InChI is InChI=1S/C15H24N2O2S2/c1-20-15-5-3-2-4-14(15)17-21(18,19)11-13-8-6-12(10-16)7-9-13/h6-9,14-15,17H,2-5,10-11,16H2,1H3. The zero-order chi connectivity index (χ0) is 15.3. The molecule has 0 saturated heterocycles. The van der Waals surface area contributed by atoms with Crippen LogP contribution in [-0.2, 0) is 22.3 Å². The van der Waals surface area contributed by atoms with Gasteiger partial charge < -0.3 is 5.73 Å². The van der Waals surface area contributed by atoms with Crippen molar-refractivity contribution in [3.8, 4) is 0 Å². The van der Waals surface area contributed by atoms with E-state index in [-0.39, 0.29) is 11.8 Å². The topological polar surface area (TPSA) is 72.2 Å². The molecule has 0 heterocycles. The van der Waals surface area contributed by atoms with Crippen molar-refractivity contribution in [1.82, 2.24) is 4.72 Å². The predicted octanol–water partition coefficient (Wildman–Crippen LogP) is 2.24. The summed E-state index contributed by atoms with van der Waals surface area (Å²) in [6.07, 6.45) is 6.40. The quantitative estimate of drug-likeness (QED) is 0.840. The Balaban J connectivity index is 2.00. The maximum Gasteiger partial charge on any atom is 0.216 e. The minimum Gasteiger partial charge on any atom is -0.326 e. The minimum atomic E-state index is -3.29. The Bertz CT molecular complexity index is 543. The Morgan fingerprint density at radius 2 is 1.81 bits per heavy atom. The normalized spacial score (nSPS) is 23.1. The summed E-state index contributed by atoms with van der Waals surface area (Å²) in [6.45, 7) is 0.475. The Morgan fingerprint density at radius 1 is 1.19 bits per heavy atom. The highest BCUT2D eigenvalue weighted by Crippen LogP contribution is 2.27. The number of rotatable bonds is 6. The van der Waals surface area contributed by atoms with E-state index in [1.165, 1.54) is 6.42 Å². The summed E-state index contributed by atoms with van der Waals surface area (Å²) in [5.41, 5.74) is 7.36. The number of hydrogen-bond donors (Lipinski definition) is 2. The average molecular weight is 329 g/mol. The van der Waals surface area contributed by atoms with Crippen LogP contribution in [0.25, 0.3) is 0 Å². The zero-order valence-corrected chi connectivity index (χ0v) is 14.1. The average Bonchev–Trinajstić information content (AvgIpc) is 2.47. The van der Waals surface area contributed by atoms with Crippen LogP contribution in [0, 0.1) is 0 Å². The lowest BCUT2D eigenvalue weighted by Crippen LogP contribution is -2.44. The van der Waals surface area contributed by atoms with Crippen LogP contribution in [0.4, 0.5) is 0 Å².